The monoisotopic (exact) mass is 411 g/mol. The van der Waals surface area contributed by atoms with Gasteiger partial charge < -0.3 is 18.7 Å². The Balaban J connectivity index is 2.36. The first-order valence-corrected chi connectivity index (χ1v) is 11.4. The second-order valence-corrected chi connectivity index (χ2v) is 8.82. The largest absolute Gasteiger partial charge is 0.466 e. The summed E-state index contributed by atoms with van der Waals surface area (Å²) in [6, 6.07) is 9.38. The zero-order chi connectivity index (χ0) is 20.7. The fourth-order valence-electron chi connectivity index (χ4n) is 3.64. The van der Waals surface area contributed by atoms with Gasteiger partial charge in [-0.05, 0) is 33.3 Å². The zero-order valence-corrected chi connectivity index (χ0v) is 17.9. The van der Waals surface area contributed by atoms with Crippen LogP contribution in [0.5, 0.6) is 0 Å². The van der Waals surface area contributed by atoms with Crippen LogP contribution in [0.1, 0.15) is 45.7 Å². The molecule has 1 aromatic carbocycles. The Labute approximate surface area is 166 Å². The number of likely N-dealkylation sites (tertiary alicyclic amines) is 1. The minimum Gasteiger partial charge on any atom is -0.466 e. The highest BCUT2D eigenvalue weighted by Crippen LogP contribution is 2.59. The van der Waals surface area contributed by atoms with Crippen LogP contribution >= 0.6 is 7.60 Å². The second-order valence-electron chi connectivity index (χ2n) is 6.67. The summed E-state index contributed by atoms with van der Waals surface area (Å²) in [5.41, 5.74) is -0.0444. The molecule has 0 radical (unpaired) electrons. The van der Waals surface area contributed by atoms with Gasteiger partial charge in [0.2, 0.25) is 5.91 Å². The maximum Gasteiger partial charge on any atom is 0.343 e. The molecule has 0 bridgehead atoms. The van der Waals surface area contributed by atoms with Crippen LogP contribution in [0.4, 0.5) is 0 Å². The van der Waals surface area contributed by atoms with Crippen molar-refractivity contribution in [3.63, 3.8) is 0 Å². The highest BCUT2D eigenvalue weighted by molar-refractivity contribution is 7.55. The predicted octanol–water partition coefficient (Wildman–Crippen LogP) is 3.79. The van der Waals surface area contributed by atoms with E-state index in [0.717, 1.165) is 5.56 Å². The Bertz CT molecular complexity index is 700. The number of benzene rings is 1. The van der Waals surface area contributed by atoms with E-state index < -0.39 is 25.1 Å². The molecule has 0 saturated carbocycles. The fourth-order valence-corrected chi connectivity index (χ4v) is 5.89. The topological polar surface area (TPSA) is 82.1 Å². The predicted molar refractivity (Wildman–Crippen MR) is 106 cm³/mol. The average Bonchev–Trinajstić information content (AvgIpc) is 2.99. The summed E-state index contributed by atoms with van der Waals surface area (Å²) in [4.78, 5) is 27.1. The maximum absolute atomic E-state index is 13.4. The molecule has 1 aliphatic heterocycles. The number of carbonyl (C=O) groups is 2. The van der Waals surface area contributed by atoms with Gasteiger partial charge in [-0.2, -0.15) is 0 Å². The third-order valence-corrected chi connectivity index (χ3v) is 7.42. The van der Waals surface area contributed by atoms with Crippen LogP contribution in [0.15, 0.2) is 30.3 Å². The number of amides is 1. The summed E-state index contributed by atoms with van der Waals surface area (Å²) in [6.07, 6.45) is -0.00754. The fraction of sp³-hybridized carbons (Fsp3) is 0.600. The Hall–Kier alpha value is -1.69. The summed E-state index contributed by atoms with van der Waals surface area (Å²) in [6.45, 7) is 7.91. The van der Waals surface area contributed by atoms with E-state index in [1.807, 2.05) is 37.3 Å². The van der Waals surface area contributed by atoms with Gasteiger partial charge in [0.25, 0.3) is 0 Å². The summed E-state index contributed by atoms with van der Waals surface area (Å²) in [5, 5.41) is 0. The number of hydrogen-bond acceptors (Lipinski definition) is 6. The molecule has 1 saturated heterocycles. The molecule has 0 aromatic heterocycles. The van der Waals surface area contributed by atoms with Crippen LogP contribution in [0, 0.1) is 5.92 Å². The summed E-state index contributed by atoms with van der Waals surface area (Å²) < 4.78 is 29.4. The molecule has 0 aliphatic carbocycles. The van der Waals surface area contributed by atoms with E-state index in [0.29, 0.717) is 6.54 Å². The van der Waals surface area contributed by atoms with Gasteiger partial charge in [0, 0.05) is 12.5 Å². The van der Waals surface area contributed by atoms with E-state index in [4.69, 9.17) is 13.8 Å². The van der Waals surface area contributed by atoms with Gasteiger partial charge in [-0.25, -0.2) is 0 Å². The third-order valence-electron chi connectivity index (χ3n) is 4.86. The first-order valence-electron chi connectivity index (χ1n) is 9.77. The molecule has 8 heteroatoms. The number of carbonyl (C=O) groups excluding carboxylic acids is 2. The van der Waals surface area contributed by atoms with Crippen molar-refractivity contribution in [2.75, 3.05) is 26.4 Å². The first-order chi connectivity index (χ1) is 13.4. The van der Waals surface area contributed by atoms with E-state index in [2.05, 4.69) is 0 Å². The highest BCUT2D eigenvalue weighted by atomic mass is 31.2. The minimum atomic E-state index is -3.72. The molecule has 156 valence electrons. The van der Waals surface area contributed by atoms with E-state index in [9.17, 15) is 14.2 Å². The Morgan fingerprint density at radius 1 is 1.14 bits per heavy atom. The molecule has 1 heterocycles. The van der Waals surface area contributed by atoms with Crippen LogP contribution in [0.3, 0.4) is 0 Å². The van der Waals surface area contributed by atoms with Crippen molar-refractivity contribution in [2.24, 2.45) is 5.92 Å². The molecule has 7 nitrogen and oxygen atoms in total. The van der Waals surface area contributed by atoms with Crippen LogP contribution in [0.25, 0.3) is 0 Å². The number of nitrogens with zero attached hydrogens (tertiary/aromatic N) is 1. The third kappa shape index (κ3) is 5.02. The van der Waals surface area contributed by atoms with E-state index in [1.54, 1.807) is 25.7 Å². The van der Waals surface area contributed by atoms with E-state index >= 15 is 0 Å². The molecule has 0 N–H and O–H groups in total. The molecule has 2 rings (SSSR count). The Morgan fingerprint density at radius 2 is 1.75 bits per heavy atom. The summed E-state index contributed by atoms with van der Waals surface area (Å²) in [7, 11) is -3.72. The normalized spacial score (nSPS) is 21.0. The van der Waals surface area contributed by atoms with Crippen molar-refractivity contribution in [1.82, 2.24) is 4.90 Å². The van der Waals surface area contributed by atoms with Crippen LogP contribution in [-0.4, -0.2) is 48.8 Å². The van der Waals surface area contributed by atoms with Crippen molar-refractivity contribution in [3.05, 3.63) is 35.9 Å². The van der Waals surface area contributed by atoms with Gasteiger partial charge in [0.15, 0.2) is 0 Å². The van der Waals surface area contributed by atoms with Crippen molar-refractivity contribution < 1.29 is 27.9 Å². The zero-order valence-electron chi connectivity index (χ0n) is 17.0. The molecular formula is C20H30NO6P. The minimum absolute atomic E-state index is 0.00754. The lowest BCUT2D eigenvalue weighted by Crippen LogP contribution is -2.33. The van der Waals surface area contributed by atoms with E-state index in [-0.39, 0.29) is 38.2 Å². The number of esters is 1. The Kier molecular flexibility index (Phi) is 8.23. The molecule has 1 amide bonds. The molecule has 1 unspecified atom stereocenters. The number of hydrogen-bond donors (Lipinski definition) is 0. The first kappa shape index (κ1) is 22.6. The molecule has 3 atom stereocenters. The van der Waals surface area contributed by atoms with Crippen LogP contribution < -0.4 is 0 Å². The summed E-state index contributed by atoms with van der Waals surface area (Å²) in [5.74, 6) is -1.23. The lowest BCUT2D eigenvalue weighted by atomic mass is 10.0. The molecule has 1 fully saturated rings. The average molecular weight is 411 g/mol. The quantitative estimate of drug-likeness (QED) is 0.430. The van der Waals surface area contributed by atoms with Crippen molar-refractivity contribution in [2.45, 2.75) is 45.8 Å². The maximum atomic E-state index is 13.4. The molecule has 1 aliphatic rings. The lowest BCUT2D eigenvalue weighted by molar-refractivity contribution is -0.144. The molecule has 1 aromatic rings. The number of ether oxygens (including phenoxy) is 1. The van der Waals surface area contributed by atoms with Gasteiger partial charge >= 0.3 is 13.6 Å². The Morgan fingerprint density at radius 3 is 2.29 bits per heavy atom. The molecular weight excluding hydrogens is 381 g/mol. The van der Waals surface area contributed by atoms with Gasteiger partial charge in [-0.1, -0.05) is 30.3 Å². The lowest BCUT2D eigenvalue weighted by Gasteiger charge is -2.27. The highest BCUT2D eigenvalue weighted by Gasteiger charge is 2.54. The van der Waals surface area contributed by atoms with Crippen molar-refractivity contribution in [1.29, 1.82) is 0 Å². The van der Waals surface area contributed by atoms with Gasteiger partial charge in [-0.15, -0.1) is 0 Å². The number of rotatable bonds is 10. The smallest absolute Gasteiger partial charge is 0.343 e. The summed E-state index contributed by atoms with van der Waals surface area (Å²) >= 11 is 0. The van der Waals surface area contributed by atoms with Crippen LogP contribution in [0.2, 0.25) is 0 Å². The standard InChI is InChI=1S/C20H30NO6P/c1-5-25-18(22)13-17-14-21(15(4)16-11-9-8-10-12-16)20(23)19(17)28(24,26-6-2)27-7-3/h8-12,15,17,19H,5-7,13-14H2,1-4H3/t15-,17?,19+/m1/s1. The SMILES string of the molecule is CCOC(=O)CC1CN([C@H](C)c2ccccc2)C(=O)[C@H]1P(=O)(OCC)OCC. The van der Waals surface area contributed by atoms with Crippen LogP contribution in [-0.2, 0) is 27.9 Å². The van der Waals surface area contributed by atoms with Gasteiger partial charge in [-0.3, -0.25) is 14.2 Å². The molecule has 28 heavy (non-hydrogen) atoms. The van der Waals surface area contributed by atoms with Crippen molar-refractivity contribution >= 4 is 19.5 Å². The second kappa shape index (κ2) is 10.2. The van der Waals surface area contributed by atoms with Gasteiger partial charge in [0.1, 0.15) is 5.66 Å². The van der Waals surface area contributed by atoms with Crippen molar-refractivity contribution in [3.8, 4) is 0 Å². The molecule has 0 spiro atoms. The van der Waals surface area contributed by atoms with Gasteiger partial charge in [0.05, 0.1) is 32.3 Å². The van der Waals surface area contributed by atoms with E-state index in [1.165, 1.54) is 0 Å².